The van der Waals surface area contributed by atoms with Crippen LogP contribution in [0.3, 0.4) is 0 Å². The molecular weight excluding hydrogens is 424 g/mol. The van der Waals surface area contributed by atoms with E-state index in [9.17, 15) is 9.59 Å². The van der Waals surface area contributed by atoms with Crippen LogP contribution in [0, 0.1) is 5.92 Å². The van der Waals surface area contributed by atoms with Gasteiger partial charge in [0.15, 0.2) is 0 Å². The van der Waals surface area contributed by atoms with Crippen molar-refractivity contribution < 1.29 is 34.1 Å². The molecule has 0 aromatic carbocycles. The molecule has 9 nitrogen and oxygen atoms in total. The number of hydrogen-bond acceptors (Lipinski definition) is 7. The van der Waals surface area contributed by atoms with E-state index in [1.807, 2.05) is 6.92 Å². The van der Waals surface area contributed by atoms with E-state index in [2.05, 4.69) is 17.1 Å². The van der Waals surface area contributed by atoms with E-state index in [0.717, 1.165) is 63.1 Å². The van der Waals surface area contributed by atoms with E-state index in [1.54, 1.807) is 11.3 Å². The number of nitrogens with zero attached hydrogens (tertiary/aromatic N) is 1. The number of carboxylic acid groups (broad SMARTS) is 2. The standard InChI is InChI=1S/C19H28N2O3S.C2H2O4/c1-3-24-19(23)17-14-6-4-5-7-15(14)25-18(17)20-16(22)12-21-10-8-13(2)9-11-21;3-1(4)2(5)6/h13H,3-12H2,1-2H3,(H,20,22);(H,3,4)(H,5,6). The number of piperidine rings is 1. The van der Waals surface area contributed by atoms with Crippen LogP contribution in [0.1, 0.15) is 60.3 Å². The molecule has 172 valence electrons. The van der Waals surface area contributed by atoms with E-state index in [4.69, 9.17) is 24.5 Å². The zero-order valence-corrected chi connectivity index (χ0v) is 18.8. The molecule has 1 aromatic heterocycles. The van der Waals surface area contributed by atoms with E-state index in [-0.39, 0.29) is 11.9 Å². The van der Waals surface area contributed by atoms with Gasteiger partial charge in [0.2, 0.25) is 5.91 Å². The highest BCUT2D eigenvalue weighted by Crippen LogP contribution is 2.38. The second-order valence-electron chi connectivity index (χ2n) is 7.75. The maximum absolute atomic E-state index is 12.5. The van der Waals surface area contributed by atoms with E-state index in [0.29, 0.717) is 23.7 Å². The smallest absolute Gasteiger partial charge is 0.414 e. The molecule has 1 aliphatic heterocycles. The van der Waals surface area contributed by atoms with E-state index >= 15 is 0 Å². The summed E-state index contributed by atoms with van der Waals surface area (Å²) >= 11 is 1.56. The second kappa shape index (κ2) is 11.8. The number of carbonyl (C=O) groups is 4. The summed E-state index contributed by atoms with van der Waals surface area (Å²) in [5.41, 5.74) is 1.69. The number of ether oxygens (including phenoxy) is 1. The van der Waals surface area contributed by atoms with Crippen LogP contribution in [-0.4, -0.2) is 65.2 Å². The third-order valence-corrected chi connectivity index (χ3v) is 6.54. The zero-order chi connectivity index (χ0) is 23.0. The van der Waals surface area contributed by atoms with Gasteiger partial charge >= 0.3 is 17.9 Å². The molecule has 31 heavy (non-hydrogen) atoms. The van der Waals surface area contributed by atoms with Gasteiger partial charge in [-0.15, -0.1) is 11.3 Å². The highest BCUT2D eigenvalue weighted by molar-refractivity contribution is 7.17. The van der Waals surface area contributed by atoms with Crippen molar-refractivity contribution in [3.8, 4) is 0 Å². The molecule has 0 atom stereocenters. The van der Waals surface area contributed by atoms with Crippen LogP contribution in [0.25, 0.3) is 0 Å². The summed E-state index contributed by atoms with van der Waals surface area (Å²) in [5, 5.41) is 18.5. The quantitative estimate of drug-likeness (QED) is 0.457. The largest absolute Gasteiger partial charge is 0.473 e. The molecule has 3 rings (SSSR count). The average Bonchev–Trinajstić information content (AvgIpc) is 3.08. The average molecular weight is 455 g/mol. The number of aryl methyl sites for hydroxylation is 1. The van der Waals surface area contributed by atoms with Crippen molar-refractivity contribution in [3.63, 3.8) is 0 Å². The van der Waals surface area contributed by atoms with Gasteiger partial charge in [-0.25, -0.2) is 14.4 Å². The van der Waals surface area contributed by atoms with Gasteiger partial charge in [0.25, 0.3) is 0 Å². The van der Waals surface area contributed by atoms with Gasteiger partial charge in [-0.2, -0.15) is 0 Å². The number of thiophene rings is 1. The topological polar surface area (TPSA) is 133 Å². The van der Waals surface area contributed by atoms with Crippen molar-refractivity contribution in [2.75, 3.05) is 31.6 Å². The first kappa shape index (κ1) is 24.8. The molecule has 3 N–H and O–H groups in total. The van der Waals surface area contributed by atoms with Gasteiger partial charge in [-0.3, -0.25) is 9.69 Å². The Morgan fingerprint density at radius 3 is 2.29 bits per heavy atom. The summed E-state index contributed by atoms with van der Waals surface area (Å²) in [4.78, 5) is 46.6. The van der Waals surface area contributed by atoms with Crippen molar-refractivity contribution in [2.45, 2.75) is 52.4 Å². The maximum Gasteiger partial charge on any atom is 0.414 e. The molecule has 2 heterocycles. The third-order valence-electron chi connectivity index (χ3n) is 5.33. The Kier molecular flexibility index (Phi) is 9.44. The zero-order valence-electron chi connectivity index (χ0n) is 17.9. The summed E-state index contributed by atoms with van der Waals surface area (Å²) in [7, 11) is 0. The van der Waals surface area contributed by atoms with E-state index < -0.39 is 11.9 Å². The van der Waals surface area contributed by atoms with Gasteiger partial charge in [-0.1, -0.05) is 6.92 Å². The van der Waals surface area contributed by atoms with Crippen LogP contribution in [0.2, 0.25) is 0 Å². The molecule has 1 aromatic rings. The number of likely N-dealkylation sites (tertiary alicyclic amines) is 1. The van der Waals surface area contributed by atoms with Crippen LogP contribution in [-0.2, 0) is 32.0 Å². The Hall–Kier alpha value is -2.46. The number of carboxylic acids is 2. The highest BCUT2D eigenvalue weighted by Gasteiger charge is 2.27. The number of hydrogen-bond donors (Lipinski definition) is 3. The minimum Gasteiger partial charge on any atom is -0.473 e. The number of carbonyl (C=O) groups excluding carboxylic acids is 2. The predicted octanol–water partition coefficient (Wildman–Crippen LogP) is 2.63. The van der Waals surface area contributed by atoms with E-state index in [1.165, 1.54) is 4.88 Å². The molecule has 2 aliphatic rings. The fraction of sp³-hybridized carbons (Fsp3) is 0.619. The lowest BCUT2D eigenvalue weighted by molar-refractivity contribution is -0.159. The molecular formula is C21H30N2O7S. The third kappa shape index (κ3) is 7.32. The van der Waals surface area contributed by atoms with Crippen molar-refractivity contribution in [1.82, 2.24) is 4.90 Å². The summed E-state index contributed by atoms with van der Waals surface area (Å²) < 4.78 is 5.24. The lowest BCUT2D eigenvalue weighted by Crippen LogP contribution is -2.38. The molecule has 10 heteroatoms. The molecule has 1 saturated heterocycles. The first-order chi connectivity index (χ1) is 14.7. The molecule has 0 radical (unpaired) electrons. The van der Waals surface area contributed by atoms with Gasteiger partial charge in [-0.05, 0) is 70.0 Å². The number of esters is 1. The first-order valence-electron chi connectivity index (χ1n) is 10.5. The van der Waals surface area contributed by atoms with Gasteiger partial charge in [0, 0.05) is 4.88 Å². The minimum absolute atomic E-state index is 0.0290. The Labute approximate surface area is 185 Å². The van der Waals surface area contributed by atoms with Crippen LogP contribution in [0.4, 0.5) is 5.00 Å². The van der Waals surface area contributed by atoms with Gasteiger partial charge < -0.3 is 20.3 Å². The Bertz CT molecular complexity index is 801. The summed E-state index contributed by atoms with van der Waals surface area (Å²) in [6.07, 6.45) is 6.43. The SMILES string of the molecule is CCOC(=O)c1c(NC(=O)CN2CCC(C)CC2)sc2c1CCCC2.O=C(O)C(=O)O. The van der Waals surface area contributed by atoms with Gasteiger partial charge in [0.1, 0.15) is 5.00 Å². The predicted molar refractivity (Wildman–Crippen MR) is 116 cm³/mol. The van der Waals surface area contributed by atoms with Crippen LogP contribution in [0.15, 0.2) is 0 Å². The fourth-order valence-electron chi connectivity index (χ4n) is 3.66. The monoisotopic (exact) mass is 454 g/mol. The number of nitrogens with one attached hydrogen (secondary N) is 1. The number of rotatable bonds is 5. The highest BCUT2D eigenvalue weighted by atomic mass is 32.1. The lowest BCUT2D eigenvalue weighted by atomic mass is 9.95. The lowest BCUT2D eigenvalue weighted by Gasteiger charge is -2.29. The first-order valence-corrected chi connectivity index (χ1v) is 11.3. The van der Waals surface area contributed by atoms with Crippen molar-refractivity contribution in [2.24, 2.45) is 5.92 Å². The summed E-state index contributed by atoms with van der Waals surface area (Å²) in [6.45, 7) is 6.77. The Morgan fingerprint density at radius 1 is 1.10 bits per heavy atom. The molecule has 0 spiro atoms. The fourth-order valence-corrected chi connectivity index (χ4v) is 4.96. The minimum atomic E-state index is -1.82. The number of anilines is 1. The summed E-state index contributed by atoms with van der Waals surface area (Å²) in [6, 6.07) is 0. The van der Waals surface area contributed by atoms with Gasteiger partial charge in [0.05, 0.1) is 18.7 Å². The number of aliphatic carboxylic acids is 2. The van der Waals surface area contributed by atoms with Crippen molar-refractivity contribution in [3.05, 3.63) is 16.0 Å². The molecule has 1 fully saturated rings. The van der Waals surface area contributed by atoms with Crippen LogP contribution in [0.5, 0.6) is 0 Å². The molecule has 1 aliphatic carbocycles. The van der Waals surface area contributed by atoms with Crippen LogP contribution >= 0.6 is 11.3 Å². The number of fused-ring (bicyclic) bond motifs is 1. The molecule has 0 unspecified atom stereocenters. The number of amides is 1. The molecule has 0 bridgehead atoms. The second-order valence-corrected chi connectivity index (χ2v) is 8.86. The van der Waals surface area contributed by atoms with Crippen LogP contribution < -0.4 is 5.32 Å². The molecule has 1 amide bonds. The van der Waals surface area contributed by atoms with Crippen molar-refractivity contribution >= 4 is 40.2 Å². The Morgan fingerprint density at radius 2 is 1.71 bits per heavy atom. The molecule has 0 saturated carbocycles. The van der Waals surface area contributed by atoms with Crippen molar-refractivity contribution in [1.29, 1.82) is 0 Å². The Balaban J connectivity index is 0.000000501. The maximum atomic E-state index is 12.5. The normalized spacial score (nSPS) is 16.5. The summed E-state index contributed by atoms with van der Waals surface area (Å²) in [5.74, 6) is -3.23.